The Kier molecular flexibility index (Phi) is 3.19. The molecule has 7 heteroatoms. The van der Waals surface area contributed by atoms with Crippen LogP contribution in [0.3, 0.4) is 0 Å². The normalized spacial score (nSPS) is 45.5. The van der Waals surface area contributed by atoms with E-state index in [2.05, 4.69) is 0 Å². The molecule has 0 aromatic rings. The van der Waals surface area contributed by atoms with E-state index in [4.69, 9.17) is 14.9 Å². The zero-order valence-corrected chi connectivity index (χ0v) is 6.83. The van der Waals surface area contributed by atoms with Crippen molar-refractivity contribution in [2.75, 3.05) is 13.2 Å². The fraction of sp³-hybridized carbons (Fsp3) is 1.00. The van der Waals surface area contributed by atoms with Gasteiger partial charge in [-0.05, 0) is 0 Å². The highest BCUT2D eigenvalue weighted by molar-refractivity contribution is 4.94. The maximum Gasteiger partial charge on any atom is 0.253 e. The summed E-state index contributed by atoms with van der Waals surface area (Å²) in [5.74, 6) is 0. The maximum absolute atomic E-state index is 10.5. The molecule has 1 aliphatic rings. The molecule has 0 saturated carbocycles. The Balaban J connectivity index is 2.79. The van der Waals surface area contributed by atoms with Gasteiger partial charge in [0, 0.05) is 0 Å². The molecule has 0 bridgehead atoms. The van der Waals surface area contributed by atoms with E-state index in [1.807, 2.05) is 0 Å². The summed E-state index contributed by atoms with van der Waals surface area (Å²) >= 11 is 0. The third-order valence-corrected chi connectivity index (χ3v) is 2.20. The van der Waals surface area contributed by atoms with Gasteiger partial charge in [-0.2, -0.15) is 0 Å². The molecule has 0 amide bonds. The van der Waals surface area contributed by atoms with E-state index in [1.54, 1.807) is 0 Å². The molecule has 13 heavy (non-hydrogen) atoms. The molecule has 6 N–H and O–H groups in total. The van der Waals surface area contributed by atoms with Gasteiger partial charge in [-0.15, -0.1) is 0 Å². The first-order valence-electron chi connectivity index (χ1n) is 3.83. The van der Waals surface area contributed by atoms with Crippen molar-refractivity contribution >= 4 is 0 Å². The van der Waals surface area contributed by atoms with E-state index < -0.39 is 37.3 Å². The molecule has 1 aliphatic heterocycles. The van der Waals surface area contributed by atoms with Gasteiger partial charge in [-0.25, -0.2) is 0 Å². The summed E-state index contributed by atoms with van der Waals surface area (Å²) in [5, 5.41) is 46.6. The molecule has 1 unspecified atom stereocenters. The van der Waals surface area contributed by atoms with Crippen LogP contribution >= 0.6 is 0 Å². The Bertz CT molecular complexity index is 173. The second kappa shape index (κ2) is 3.84. The predicted molar refractivity (Wildman–Crippen MR) is 39.1 cm³/mol. The Morgan fingerprint density at radius 2 is 2.00 bits per heavy atom. The molecule has 7 nitrogen and oxygen atoms in total. The summed E-state index contributed by atoms with van der Waals surface area (Å²) in [6.07, 6.45) is -3.90. The average molecular weight is 195 g/mol. The van der Waals surface area contributed by atoms with Crippen molar-refractivity contribution < 1.29 is 30.6 Å². The lowest BCUT2D eigenvalue weighted by molar-refractivity contribution is -0.727. The zero-order valence-electron chi connectivity index (χ0n) is 6.83. The van der Waals surface area contributed by atoms with Gasteiger partial charge in [0.15, 0.2) is 6.10 Å². The van der Waals surface area contributed by atoms with Gasteiger partial charge in [0.05, 0.1) is 6.61 Å². The molecule has 1 rings (SSSR count). The molecule has 0 radical (unpaired) electrons. The summed E-state index contributed by atoms with van der Waals surface area (Å²) < 4.78 is 4.85. The SMILES string of the molecule is [O-][NH2+]C1(CO)O[C@H](CO)[C@@H](O)[C@@H]1O. The molecule has 0 spiro atoms. The van der Waals surface area contributed by atoms with Crippen LogP contribution < -0.4 is 5.48 Å². The Morgan fingerprint density at radius 1 is 1.38 bits per heavy atom. The third-order valence-electron chi connectivity index (χ3n) is 2.20. The van der Waals surface area contributed by atoms with Gasteiger partial charge in [-0.1, -0.05) is 0 Å². The first-order chi connectivity index (χ1) is 6.11. The quantitative estimate of drug-likeness (QED) is 0.291. The van der Waals surface area contributed by atoms with Crippen LogP contribution in [0.1, 0.15) is 0 Å². The van der Waals surface area contributed by atoms with Crippen LogP contribution in [0.2, 0.25) is 0 Å². The number of aliphatic hydroxyl groups is 4. The van der Waals surface area contributed by atoms with Gasteiger partial charge in [0.1, 0.15) is 18.8 Å². The summed E-state index contributed by atoms with van der Waals surface area (Å²) in [7, 11) is 0. The Hall–Kier alpha value is -0.280. The van der Waals surface area contributed by atoms with Crippen molar-refractivity contribution in [3.05, 3.63) is 5.21 Å². The van der Waals surface area contributed by atoms with Gasteiger partial charge in [0.2, 0.25) is 0 Å². The van der Waals surface area contributed by atoms with Gasteiger partial charge < -0.3 is 35.9 Å². The molecule has 4 atom stereocenters. The molecular formula is C6H13NO6. The summed E-state index contributed by atoms with van der Waals surface area (Å²) in [6, 6.07) is 0. The molecular weight excluding hydrogens is 182 g/mol. The van der Waals surface area contributed by atoms with Crippen LogP contribution in [-0.4, -0.2) is 57.7 Å². The molecule has 0 aromatic heterocycles. The number of aliphatic hydroxyl groups excluding tert-OH is 4. The number of rotatable bonds is 3. The van der Waals surface area contributed by atoms with Crippen molar-refractivity contribution in [3.63, 3.8) is 0 Å². The lowest BCUT2D eigenvalue weighted by Gasteiger charge is -2.28. The van der Waals surface area contributed by atoms with E-state index in [-0.39, 0.29) is 5.48 Å². The fourth-order valence-electron chi connectivity index (χ4n) is 1.32. The number of nitrogens with two attached hydrogens (primary N) is 1. The molecule has 0 aromatic carbocycles. The third kappa shape index (κ3) is 1.55. The van der Waals surface area contributed by atoms with Crippen molar-refractivity contribution in [2.24, 2.45) is 0 Å². The van der Waals surface area contributed by atoms with Crippen molar-refractivity contribution in [2.45, 2.75) is 24.0 Å². The minimum Gasteiger partial charge on any atom is -0.634 e. The fourth-order valence-corrected chi connectivity index (χ4v) is 1.32. The molecule has 1 heterocycles. The lowest BCUT2D eigenvalue weighted by atomic mass is 10.0. The highest BCUT2D eigenvalue weighted by Gasteiger charge is 2.55. The van der Waals surface area contributed by atoms with E-state index in [9.17, 15) is 15.4 Å². The molecule has 1 fully saturated rings. The van der Waals surface area contributed by atoms with Crippen molar-refractivity contribution in [1.82, 2.24) is 0 Å². The number of hydrogen-bond acceptors (Lipinski definition) is 6. The Morgan fingerprint density at radius 3 is 2.23 bits per heavy atom. The summed E-state index contributed by atoms with van der Waals surface area (Å²) in [5.41, 5.74) is -1.57. The zero-order chi connectivity index (χ0) is 10.1. The molecule has 1 saturated heterocycles. The maximum atomic E-state index is 10.5. The Labute approximate surface area is 74.1 Å². The van der Waals surface area contributed by atoms with E-state index in [0.29, 0.717) is 0 Å². The highest BCUT2D eigenvalue weighted by atomic mass is 16.6. The van der Waals surface area contributed by atoms with Crippen LogP contribution in [-0.2, 0) is 4.74 Å². The lowest BCUT2D eigenvalue weighted by Crippen LogP contribution is -2.96. The first kappa shape index (κ1) is 10.8. The second-order valence-corrected chi connectivity index (χ2v) is 3.01. The highest BCUT2D eigenvalue weighted by Crippen LogP contribution is 2.25. The second-order valence-electron chi connectivity index (χ2n) is 3.01. The van der Waals surface area contributed by atoms with Crippen LogP contribution in [0.25, 0.3) is 0 Å². The van der Waals surface area contributed by atoms with Gasteiger partial charge in [-0.3, -0.25) is 0 Å². The van der Waals surface area contributed by atoms with Crippen molar-refractivity contribution in [1.29, 1.82) is 0 Å². The topological polar surface area (TPSA) is 130 Å². The van der Waals surface area contributed by atoms with Gasteiger partial charge in [0.25, 0.3) is 5.72 Å². The largest absolute Gasteiger partial charge is 0.634 e. The van der Waals surface area contributed by atoms with Gasteiger partial charge >= 0.3 is 0 Å². The molecule has 78 valence electrons. The number of hydroxylamine groups is 1. The van der Waals surface area contributed by atoms with Crippen LogP contribution in [0, 0.1) is 5.21 Å². The van der Waals surface area contributed by atoms with E-state index in [1.165, 1.54) is 0 Å². The van der Waals surface area contributed by atoms with Crippen molar-refractivity contribution in [3.8, 4) is 0 Å². The summed E-state index contributed by atoms with van der Waals surface area (Å²) in [6.45, 7) is -1.25. The predicted octanol–water partition coefficient (Wildman–Crippen LogP) is -4.15. The minimum atomic E-state index is -1.80. The monoisotopic (exact) mass is 195 g/mol. The minimum absolute atomic E-state index is 0.233. The van der Waals surface area contributed by atoms with Crippen LogP contribution in [0.5, 0.6) is 0 Å². The standard InChI is InChI=1S/C6H13NO6/c8-1-3-4(10)5(11)6(2-9,7-12)13-3/h3-5,8-11H,1-2,7H2/t3-,4-,5+,6?/m1/s1. The average Bonchev–Trinajstić information content (AvgIpc) is 2.42. The number of quaternary nitrogens is 1. The molecule has 0 aliphatic carbocycles. The summed E-state index contributed by atoms with van der Waals surface area (Å²) in [4.78, 5) is 0. The van der Waals surface area contributed by atoms with Crippen LogP contribution in [0.4, 0.5) is 0 Å². The number of hydrogen-bond donors (Lipinski definition) is 5. The van der Waals surface area contributed by atoms with E-state index >= 15 is 0 Å². The first-order valence-corrected chi connectivity index (χ1v) is 3.83. The number of ether oxygens (including phenoxy) is 1. The smallest absolute Gasteiger partial charge is 0.253 e. The van der Waals surface area contributed by atoms with Crippen LogP contribution in [0.15, 0.2) is 0 Å². The van der Waals surface area contributed by atoms with E-state index in [0.717, 1.165) is 0 Å².